The minimum absolute atomic E-state index is 0.0241. The van der Waals surface area contributed by atoms with Crippen LogP contribution in [0.5, 0.6) is 0 Å². The van der Waals surface area contributed by atoms with Gasteiger partial charge in [-0.3, -0.25) is 4.79 Å². The smallest absolute Gasteiger partial charge is 0.410 e. The Labute approximate surface area is 127 Å². The number of likely N-dealkylation sites (tertiary alicyclic amines) is 1. The number of ketones is 1. The molecule has 1 aliphatic heterocycles. The molecule has 110 valence electrons. The number of amides is 1. The first-order valence-corrected chi connectivity index (χ1v) is 7.79. The number of hydrogen-bond donors (Lipinski definition) is 0. The summed E-state index contributed by atoms with van der Waals surface area (Å²) in [4.78, 5) is 26.5. The first-order valence-electron chi connectivity index (χ1n) is 6.53. The number of nitrogens with zero attached hydrogens (tertiary/aromatic N) is 1. The molecule has 0 radical (unpaired) electrons. The van der Waals surface area contributed by atoms with E-state index in [0.29, 0.717) is 29.4 Å². The number of hydrogen-bond acceptors (Lipinski definition) is 4. The van der Waals surface area contributed by atoms with Gasteiger partial charge in [-0.05, 0) is 38.6 Å². The van der Waals surface area contributed by atoms with Crippen molar-refractivity contribution in [3.05, 3.63) is 21.3 Å². The second-order valence-corrected chi connectivity index (χ2v) is 7.20. The summed E-state index contributed by atoms with van der Waals surface area (Å²) in [5.74, 6) is -0.158. The van der Waals surface area contributed by atoms with Crippen LogP contribution in [0.3, 0.4) is 0 Å². The Morgan fingerprint density at radius 3 is 2.70 bits per heavy atom. The van der Waals surface area contributed by atoms with Crippen molar-refractivity contribution in [1.29, 1.82) is 0 Å². The van der Waals surface area contributed by atoms with Gasteiger partial charge in [-0.2, -0.15) is 0 Å². The molecule has 1 unspecified atom stereocenters. The van der Waals surface area contributed by atoms with Gasteiger partial charge in [0.05, 0.1) is 9.90 Å². The highest BCUT2D eigenvalue weighted by Gasteiger charge is 2.34. The van der Waals surface area contributed by atoms with Crippen molar-refractivity contribution in [2.24, 2.45) is 5.92 Å². The maximum atomic E-state index is 12.3. The molecule has 0 N–H and O–H groups in total. The second kappa shape index (κ2) is 5.74. The monoisotopic (exact) mass is 315 g/mol. The molecule has 0 saturated carbocycles. The molecule has 1 aliphatic rings. The maximum Gasteiger partial charge on any atom is 0.410 e. The highest BCUT2D eigenvalue weighted by Crippen LogP contribution is 2.29. The number of Topliss-reactive ketones (excluding diaryl/α,β-unsaturated/α-hetero) is 1. The van der Waals surface area contributed by atoms with Crippen LogP contribution >= 0.6 is 22.9 Å². The molecule has 0 spiro atoms. The lowest BCUT2D eigenvalue weighted by atomic mass is 10.0. The number of carbonyl (C=O) groups is 2. The van der Waals surface area contributed by atoms with Crippen LogP contribution < -0.4 is 0 Å². The lowest BCUT2D eigenvalue weighted by Gasteiger charge is -2.24. The lowest BCUT2D eigenvalue weighted by Crippen LogP contribution is -2.35. The van der Waals surface area contributed by atoms with Crippen molar-refractivity contribution >= 4 is 34.8 Å². The topological polar surface area (TPSA) is 46.6 Å². The van der Waals surface area contributed by atoms with E-state index in [0.717, 1.165) is 0 Å². The van der Waals surface area contributed by atoms with Gasteiger partial charge in [-0.15, -0.1) is 11.3 Å². The molecule has 1 saturated heterocycles. The molecule has 2 rings (SSSR count). The Hall–Kier alpha value is -1.07. The summed E-state index contributed by atoms with van der Waals surface area (Å²) in [5.41, 5.74) is -0.518. The zero-order valence-corrected chi connectivity index (χ0v) is 13.4. The molecule has 1 atom stereocenters. The fourth-order valence-electron chi connectivity index (χ4n) is 2.12. The first-order chi connectivity index (χ1) is 9.28. The minimum Gasteiger partial charge on any atom is -0.444 e. The van der Waals surface area contributed by atoms with Gasteiger partial charge in [0.2, 0.25) is 0 Å². The Morgan fingerprint density at radius 1 is 1.45 bits per heavy atom. The van der Waals surface area contributed by atoms with E-state index in [1.807, 2.05) is 20.8 Å². The van der Waals surface area contributed by atoms with Crippen LogP contribution in [0.1, 0.15) is 36.9 Å². The summed E-state index contributed by atoms with van der Waals surface area (Å²) in [7, 11) is 0. The van der Waals surface area contributed by atoms with E-state index >= 15 is 0 Å². The van der Waals surface area contributed by atoms with Gasteiger partial charge in [-0.1, -0.05) is 11.6 Å². The van der Waals surface area contributed by atoms with Gasteiger partial charge < -0.3 is 9.64 Å². The van der Waals surface area contributed by atoms with Crippen LogP contribution in [0.25, 0.3) is 0 Å². The van der Waals surface area contributed by atoms with Gasteiger partial charge in [0.25, 0.3) is 0 Å². The molecular weight excluding hydrogens is 298 g/mol. The third-order valence-corrected chi connectivity index (χ3v) is 4.41. The largest absolute Gasteiger partial charge is 0.444 e. The average Bonchev–Trinajstić information content (AvgIpc) is 2.94. The molecule has 0 aliphatic carbocycles. The molecule has 4 nitrogen and oxygen atoms in total. The summed E-state index contributed by atoms with van der Waals surface area (Å²) in [6.45, 7) is 6.44. The zero-order chi connectivity index (χ0) is 14.9. The molecule has 0 bridgehead atoms. The van der Waals surface area contributed by atoms with Crippen molar-refractivity contribution in [2.75, 3.05) is 13.1 Å². The zero-order valence-electron chi connectivity index (χ0n) is 11.8. The van der Waals surface area contributed by atoms with Gasteiger partial charge >= 0.3 is 6.09 Å². The molecule has 0 aromatic carbocycles. The summed E-state index contributed by atoms with van der Waals surface area (Å²) < 4.78 is 5.32. The number of halogens is 1. The Balaban J connectivity index is 1.97. The Morgan fingerprint density at radius 2 is 2.15 bits per heavy atom. The Kier molecular flexibility index (Phi) is 4.39. The number of carbonyl (C=O) groups excluding carboxylic acids is 2. The fourth-order valence-corrected chi connectivity index (χ4v) is 3.29. The molecule has 20 heavy (non-hydrogen) atoms. The highest BCUT2D eigenvalue weighted by atomic mass is 35.5. The van der Waals surface area contributed by atoms with Crippen LogP contribution in [0.15, 0.2) is 11.4 Å². The third-order valence-electron chi connectivity index (χ3n) is 3.05. The standard InChI is InChI=1S/C14H18ClNO3S/c1-14(2,3)19-13(18)16-6-4-9(8-16)11(17)12-10(15)5-7-20-12/h5,7,9H,4,6,8H2,1-3H3. The molecule has 1 amide bonds. The predicted molar refractivity (Wildman–Crippen MR) is 79.6 cm³/mol. The van der Waals surface area contributed by atoms with Gasteiger partial charge in [0.1, 0.15) is 5.60 Å². The van der Waals surface area contributed by atoms with Crippen LogP contribution in [-0.2, 0) is 4.74 Å². The maximum absolute atomic E-state index is 12.3. The van der Waals surface area contributed by atoms with Crippen LogP contribution in [-0.4, -0.2) is 35.5 Å². The van der Waals surface area contributed by atoms with E-state index in [9.17, 15) is 9.59 Å². The molecule has 1 aromatic rings. The first kappa shape index (κ1) is 15.3. The number of thiophene rings is 1. The van der Waals surface area contributed by atoms with Crippen LogP contribution in [0.2, 0.25) is 5.02 Å². The molecule has 1 aromatic heterocycles. The minimum atomic E-state index is -0.518. The summed E-state index contributed by atoms with van der Waals surface area (Å²) >= 11 is 7.33. The van der Waals surface area contributed by atoms with Crippen molar-refractivity contribution in [1.82, 2.24) is 4.90 Å². The lowest BCUT2D eigenvalue weighted by molar-refractivity contribution is 0.0289. The average molecular weight is 316 g/mol. The second-order valence-electron chi connectivity index (χ2n) is 5.87. The number of rotatable bonds is 2. The van der Waals surface area contributed by atoms with E-state index < -0.39 is 5.60 Å². The van der Waals surface area contributed by atoms with E-state index in [4.69, 9.17) is 16.3 Å². The highest BCUT2D eigenvalue weighted by molar-refractivity contribution is 7.12. The van der Waals surface area contributed by atoms with Crippen molar-refractivity contribution in [2.45, 2.75) is 32.8 Å². The van der Waals surface area contributed by atoms with Crippen LogP contribution in [0, 0.1) is 5.92 Å². The normalized spacial score (nSPS) is 19.2. The molecule has 2 heterocycles. The predicted octanol–water partition coefficient (Wildman–Crippen LogP) is 3.84. The summed E-state index contributed by atoms with van der Waals surface area (Å²) in [5, 5.41) is 2.30. The van der Waals surface area contributed by atoms with E-state index in [1.165, 1.54) is 11.3 Å². The quantitative estimate of drug-likeness (QED) is 0.779. The number of ether oxygens (including phenoxy) is 1. The SMILES string of the molecule is CC(C)(C)OC(=O)N1CCC(C(=O)c2sccc2Cl)C1. The summed E-state index contributed by atoms with van der Waals surface area (Å²) in [6.07, 6.45) is 0.303. The van der Waals surface area contributed by atoms with Crippen molar-refractivity contribution in [3.63, 3.8) is 0 Å². The molecular formula is C14H18ClNO3S. The summed E-state index contributed by atoms with van der Waals surface area (Å²) in [6, 6.07) is 1.72. The fraction of sp³-hybridized carbons (Fsp3) is 0.571. The van der Waals surface area contributed by atoms with Crippen molar-refractivity contribution in [3.8, 4) is 0 Å². The van der Waals surface area contributed by atoms with Gasteiger partial charge in [0.15, 0.2) is 5.78 Å². The van der Waals surface area contributed by atoms with E-state index in [-0.39, 0.29) is 17.8 Å². The van der Waals surface area contributed by atoms with Gasteiger partial charge in [0, 0.05) is 19.0 Å². The Bertz CT molecular complexity index is 521. The van der Waals surface area contributed by atoms with E-state index in [1.54, 1.807) is 16.3 Å². The molecule has 1 fully saturated rings. The van der Waals surface area contributed by atoms with E-state index in [2.05, 4.69) is 0 Å². The molecule has 6 heteroatoms. The van der Waals surface area contributed by atoms with Gasteiger partial charge in [-0.25, -0.2) is 4.79 Å². The van der Waals surface area contributed by atoms with Crippen LogP contribution in [0.4, 0.5) is 4.79 Å². The third kappa shape index (κ3) is 3.52. The van der Waals surface area contributed by atoms with Crippen molar-refractivity contribution < 1.29 is 14.3 Å².